The number of methoxy groups -OCH3 is 1. The summed E-state index contributed by atoms with van der Waals surface area (Å²) in [5.41, 5.74) is -1.97. The normalized spacial score (nSPS) is 16.1. The second-order valence-electron chi connectivity index (χ2n) is 7.36. The van der Waals surface area contributed by atoms with E-state index in [9.17, 15) is 22.8 Å². The van der Waals surface area contributed by atoms with Crippen molar-refractivity contribution in [1.82, 2.24) is 4.57 Å². The zero-order chi connectivity index (χ0) is 25.3. The molecular formula is C24H18ClF3N2O4S. The Bertz CT molecular complexity index is 1490. The Kier molecular flexibility index (Phi) is 6.86. The molecule has 0 fully saturated rings. The summed E-state index contributed by atoms with van der Waals surface area (Å²) in [4.78, 5) is 29.8. The minimum atomic E-state index is -4.97. The molecule has 182 valence electrons. The second-order valence-corrected chi connectivity index (χ2v) is 8.80. The maximum atomic E-state index is 14.1. The third-order valence-electron chi connectivity index (χ3n) is 5.21. The molecule has 3 aromatic rings. The van der Waals surface area contributed by atoms with E-state index in [0.29, 0.717) is 16.3 Å². The van der Waals surface area contributed by atoms with Crippen molar-refractivity contribution in [3.05, 3.63) is 95.6 Å². The highest BCUT2D eigenvalue weighted by atomic mass is 35.5. The molecule has 6 nitrogen and oxygen atoms in total. The zero-order valence-corrected chi connectivity index (χ0v) is 20.0. The number of thiazole rings is 1. The fourth-order valence-corrected chi connectivity index (χ4v) is 4.85. The molecule has 0 saturated carbocycles. The van der Waals surface area contributed by atoms with E-state index in [1.54, 1.807) is 24.3 Å². The molecule has 0 unspecified atom stereocenters. The van der Waals surface area contributed by atoms with Gasteiger partial charge in [-0.1, -0.05) is 53.3 Å². The monoisotopic (exact) mass is 522 g/mol. The van der Waals surface area contributed by atoms with Crippen molar-refractivity contribution in [1.29, 1.82) is 0 Å². The maximum Gasteiger partial charge on any atom is 0.434 e. The summed E-state index contributed by atoms with van der Waals surface area (Å²) < 4.78 is 53.8. The van der Waals surface area contributed by atoms with Gasteiger partial charge in [-0.3, -0.25) is 9.36 Å². The molecule has 0 saturated heterocycles. The van der Waals surface area contributed by atoms with Crippen LogP contribution in [-0.4, -0.2) is 30.4 Å². The summed E-state index contributed by atoms with van der Waals surface area (Å²) in [7, 11) is 1.47. The Balaban J connectivity index is 2.06. The first kappa shape index (κ1) is 24.7. The molecule has 11 heteroatoms. The molecule has 0 N–H and O–H groups in total. The molecule has 4 rings (SSSR count). The van der Waals surface area contributed by atoms with Gasteiger partial charge in [0.1, 0.15) is 5.75 Å². The molecule has 1 atom stereocenters. The van der Waals surface area contributed by atoms with Crippen molar-refractivity contribution in [3.63, 3.8) is 0 Å². The van der Waals surface area contributed by atoms with Crippen molar-refractivity contribution in [2.45, 2.75) is 19.1 Å². The number of halogens is 4. The molecule has 0 spiro atoms. The lowest BCUT2D eigenvalue weighted by Crippen LogP contribution is -2.41. The molecular weight excluding hydrogens is 505 g/mol. The predicted molar refractivity (Wildman–Crippen MR) is 125 cm³/mol. The van der Waals surface area contributed by atoms with Crippen LogP contribution >= 0.6 is 22.9 Å². The molecule has 2 aromatic carbocycles. The molecule has 0 bridgehead atoms. The minimum absolute atomic E-state index is 0.124. The van der Waals surface area contributed by atoms with Crippen molar-refractivity contribution in [2.75, 3.05) is 13.7 Å². The highest BCUT2D eigenvalue weighted by molar-refractivity contribution is 7.07. The number of allylic oxidation sites excluding steroid dienone is 1. The fourth-order valence-electron chi connectivity index (χ4n) is 3.73. The van der Waals surface area contributed by atoms with Gasteiger partial charge in [0, 0.05) is 10.6 Å². The molecule has 1 aromatic heterocycles. The highest BCUT2D eigenvalue weighted by Crippen LogP contribution is 2.38. The number of alkyl halides is 3. The Morgan fingerprint density at radius 1 is 1.20 bits per heavy atom. The number of carbonyl (C=O) groups is 1. The number of esters is 1. The first-order valence-electron chi connectivity index (χ1n) is 10.3. The lowest BCUT2D eigenvalue weighted by molar-refractivity contribution is -0.140. The third kappa shape index (κ3) is 4.76. The van der Waals surface area contributed by atoms with Crippen LogP contribution in [-0.2, 0) is 9.53 Å². The van der Waals surface area contributed by atoms with Crippen molar-refractivity contribution in [2.24, 2.45) is 4.99 Å². The van der Waals surface area contributed by atoms with Crippen LogP contribution in [0.1, 0.15) is 24.1 Å². The van der Waals surface area contributed by atoms with Gasteiger partial charge in [-0.2, -0.15) is 13.2 Å². The van der Waals surface area contributed by atoms with E-state index < -0.39 is 35.0 Å². The number of benzene rings is 2. The van der Waals surface area contributed by atoms with Crippen LogP contribution in [0, 0.1) is 0 Å². The van der Waals surface area contributed by atoms with E-state index in [4.69, 9.17) is 21.1 Å². The fraction of sp³-hybridized carbons (Fsp3) is 0.208. The van der Waals surface area contributed by atoms with Gasteiger partial charge in [-0.15, -0.1) is 0 Å². The Hall–Kier alpha value is -3.37. The van der Waals surface area contributed by atoms with Gasteiger partial charge < -0.3 is 9.47 Å². The predicted octanol–water partition coefficient (Wildman–Crippen LogP) is 4.00. The molecule has 0 aliphatic carbocycles. The third-order valence-corrected chi connectivity index (χ3v) is 6.44. The van der Waals surface area contributed by atoms with Gasteiger partial charge in [-0.05, 0) is 36.8 Å². The lowest BCUT2D eigenvalue weighted by Gasteiger charge is -2.26. The number of hydrogen-bond acceptors (Lipinski definition) is 6. The number of hydrogen-bond donors (Lipinski definition) is 0. The first-order valence-corrected chi connectivity index (χ1v) is 11.5. The van der Waals surface area contributed by atoms with Crippen LogP contribution in [0.25, 0.3) is 6.08 Å². The van der Waals surface area contributed by atoms with Gasteiger partial charge in [-0.25, -0.2) is 9.79 Å². The van der Waals surface area contributed by atoms with E-state index in [2.05, 4.69) is 4.99 Å². The zero-order valence-electron chi connectivity index (χ0n) is 18.4. The largest absolute Gasteiger partial charge is 0.496 e. The number of aromatic nitrogens is 1. The van der Waals surface area contributed by atoms with Gasteiger partial charge in [0.2, 0.25) is 0 Å². The van der Waals surface area contributed by atoms with E-state index >= 15 is 0 Å². The molecule has 1 aliphatic heterocycles. The second kappa shape index (κ2) is 9.71. The Morgan fingerprint density at radius 2 is 1.89 bits per heavy atom. The molecule has 35 heavy (non-hydrogen) atoms. The summed E-state index contributed by atoms with van der Waals surface area (Å²) in [5, 5.41) is 0.343. The number of para-hydroxylation sites is 1. The van der Waals surface area contributed by atoms with Gasteiger partial charge in [0.15, 0.2) is 10.5 Å². The number of nitrogens with zero attached hydrogens (tertiary/aromatic N) is 2. The highest BCUT2D eigenvalue weighted by Gasteiger charge is 2.45. The quantitative estimate of drug-likeness (QED) is 0.475. The summed E-state index contributed by atoms with van der Waals surface area (Å²) >= 11 is 6.75. The van der Waals surface area contributed by atoms with Gasteiger partial charge in [0.05, 0.1) is 29.9 Å². The van der Waals surface area contributed by atoms with E-state index in [1.165, 1.54) is 44.4 Å². The summed E-state index contributed by atoms with van der Waals surface area (Å²) in [6.07, 6.45) is -3.45. The van der Waals surface area contributed by atoms with Gasteiger partial charge in [0.25, 0.3) is 5.56 Å². The molecule has 2 heterocycles. The SMILES string of the molecule is CCOC(=O)C1=C(C(F)(F)F)N=c2s/c(=C/c3ccccc3OC)c(=O)n2[C@@H]1c1ccc(Cl)cc1. The van der Waals surface area contributed by atoms with Crippen LogP contribution in [0.3, 0.4) is 0 Å². The van der Waals surface area contributed by atoms with E-state index in [-0.39, 0.29) is 21.5 Å². The lowest BCUT2D eigenvalue weighted by atomic mass is 9.95. The van der Waals surface area contributed by atoms with Crippen LogP contribution in [0.2, 0.25) is 5.02 Å². The van der Waals surface area contributed by atoms with Crippen LogP contribution in [0.5, 0.6) is 5.75 Å². The minimum Gasteiger partial charge on any atom is -0.496 e. The number of ether oxygens (including phenoxy) is 2. The van der Waals surface area contributed by atoms with Crippen molar-refractivity contribution >= 4 is 35.0 Å². The Morgan fingerprint density at radius 3 is 2.51 bits per heavy atom. The smallest absolute Gasteiger partial charge is 0.434 e. The number of fused-ring (bicyclic) bond motifs is 1. The van der Waals surface area contributed by atoms with Gasteiger partial charge >= 0.3 is 12.1 Å². The van der Waals surface area contributed by atoms with E-state index in [0.717, 1.165) is 15.9 Å². The van der Waals surface area contributed by atoms with Crippen molar-refractivity contribution in [3.8, 4) is 5.75 Å². The van der Waals surface area contributed by atoms with Crippen LogP contribution in [0.15, 0.2) is 69.6 Å². The summed E-state index contributed by atoms with van der Waals surface area (Å²) in [6, 6.07) is 11.3. The van der Waals surface area contributed by atoms with E-state index in [1.807, 2.05) is 0 Å². The average Bonchev–Trinajstić information content (AvgIpc) is 3.13. The standard InChI is InChI=1S/C24H18ClF3N2O4S/c1-3-34-22(32)18-19(13-8-10-15(25)11-9-13)30-21(31)17(12-14-6-4-5-7-16(14)33-2)35-23(30)29-20(18)24(26,27)28/h4-12,19H,3H2,1-2H3/b17-12+/t19-/m1/s1. The van der Waals surface area contributed by atoms with Crippen LogP contribution in [0.4, 0.5) is 13.2 Å². The topological polar surface area (TPSA) is 69.9 Å². The number of carbonyl (C=O) groups excluding carboxylic acids is 1. The molecule has 0 radical (unpaired) electrons. The van der Waals surface area contributed by atoms with Crippen molar-refractivity contribution < 1.29 is 27.4 Å². The summed E-state index contributed by atoms with van der Waals surface area (Å²) in [6.45, 7) is 1.32. The maximum absolute atomic E-state index is 14.1. The molecule has 1 aliphatic rings. The first-order chi connectivity index (χ1) is 16.7. The number of rotatable bonds is 5. The average molecular weight is 523 g/mol. The Labute approximate surface area is 206 Å². The van der Waals surface area contributed by atoms with Crippen LogP contribution < -0.4 is 19.6 Å². The molecule has 0 amide bonds. The summed E-state index contributed by atoms with van der Waals surface area (Å²) in [5.74, 6) is -0.724.